The maximum Gasteiger partial charge on any atom is 0.343 e. The van der Waals surface area contributed by atoms with Gasteiger partial charge in [-0.15, -0.1) is 0 Å². The van der Waals surface area contributed by atoms with Crippen LogP contribution in [0.25, 0.3) is 0 Å². The molecule has 0 bridgehead atoms. The van der Waals surface area contributed by atoms with Gasteiger partial charge in [-0.25, -0.2) is 4.79 Å². The molecular weight excluding hydrogens is 386 g/mol. The Labute approximate surface area is 173 Å². The van der Waals surface area contributed by atoms with Gasteiger partial charge in [-0.1, -0.05) is 32.7 Å². The molecule has 0 aromatic heterocycles. The van der Waals surface area contributed by atoms with Crippen molar-refractivity contribution in [3.8, 4) is 17.6 Å². The Morgan fingerprint density at radius 1 is 1.04 bits per heavy atom. The summed E-state index contributed by atoms with van der Waals surface area (Å²) >= 11 is 0. The molecule has 0 fully saturated rings. The van der Waals surface area contributed by atoms with Crippen LogP contribution in [0.3, 0.4) is 0 Å². The first-order valence-corrected chi connectivity index (χ1v) is 12.4. The molecule has 0 aliphatic rings. The number of esters is 1. The molecule has 0 saturated heterocycles. The quantitative estimate of drug-likeness (QED) is 0.272. The fraction of sp³-hybridized carbons (Fsp3) is 0.333. The second-order valence-corrected chi connectivity index (χ2v) is 8.92. The Morgan fingerprint density at radius 3 is 2.18 bits per heavy atom. The molecule has 0 heterocycles. The lowest BCUT2D eigenvalue weighted by atomic mass is 10.2. The minimum absolute atomic E-state index is 0.0139. The molecule has 7 heteroatoms. The Kier molecular flexibility index (Phi) is 12.3. The number of ether oxygens (including phenoxy) is 2. The molecule has 0 spiro atoms. The van der Waals surface area contributed by atoms with E-state index in [-0.39, 0.29) is 9.76 Å². The van der Waals surface area contributed by atoms with Crippen LogP contribution in [0.15, 0.2) is 48.5 Å². The summed E-state index contributed by atoms with van der Waals surface area (Å²) < 4.78 is 15.7. The van der Waals surface area contributed by atoms with E-state index in [0.717, 1.165) is 22.7 Å². The van der Waals surface area contributed by atoms with E-state index in [1.807, 2.05) is 6.07 Å². The molecule has 0 aliphatic heterocycles. The van der Waals surface area contributed by atoms with Gasteiger partial charge in [0.25, 0.3) is 0 Å². The van der Waals surface area contributed by atoms with Gasteiger partial charge < -0.3 is 13.6 Å². The minimum Gasteiger partial charge on any atom is -0.494 e. The van der Waals surface area contributed by atoms with Crippen molar-refractivity contribution in [3.63, 3.8) is 0 Å². The molecule has 2 rings (SSSR count). The van der Waals surface area contributed by atoms with Crippen LogP contribution >= 0.6 is 0 Å². The Balaban J connectivity index is 0.000000892. The minimum atomic E-state index is -0.436. The van der Waals surface area contributed by atoms with Crippen molar-refractivity contribution in [1.82, 2.24) is 0 Å². The van der Waals surface area contributed by atoms with Crippen LogP contribution in [-0.4, -0.2) is 32.8 Å². The number of nitriles is 1. The van der Waals surface area contributed by atoms with E-state index in [0.29, 0.717) is 23.5 Å². The number of nitrogens with zero attached hydrogens (tertiary/aromatic N) is 1. The molecule has 0 atom stereocenters. The van der Waals surface area contributed by atoms with Crippen molar-refractivity contribution in [3.05, 3.63) is 59.7 Å². The predicted molar refractivity (Wildman–Crippen MR) is 118 cm³/mol. The fourth-order valence-corrected chi connectivity index (χ4v) is 2.17. The molecule has 0 amide bonds. The maximum absolute atomic E-state index is 12.1. The molecule has 0 unspecified atom stereocenters. The largest absolute Gasteiger partial charge is 0.494 e. The second kappa shape index (κ2) is 14.6. The summed E-state index contributed by atoms with van der Waals surface area (Å²) in [7, 11) is 0.938. The summed E-state index contributed by atoms with van der Waals surface area (Å²) in [5.74, 6) is 0.728. The summed E-state index contributed by atoms with van der Waals surface area (Å²) in [5.41, 5.74) is 0.980. The van der Waals surface area contributed by atoms with E-state index in [1.165, 1.54) is 19.3 Å². The molecule has 150 valence electrons. The first-order chi connectivity index (χ1) is 13.6. The topological polar surface area (TPSA) is 68.5 Å². The smallest absolute Gasteiger partial charge is 0.343 e. The van der Waals surface area contributed by atoms with E-state index in [2.05, 4.69) is 13.5 Å². The second-order valence-electron chi connectivity index (χ2n) is 6.04. The van der Waals surface area contributed by atoms with Crippen LogP contribution in [-0.2, 0) is 4.12 Å². The van der Waals surface area contributed by atoms with Crippen molar-refractivity contribution < 1.29 is 18.4 Å². The van der Waals surface area contributed by atoms with E-state index in [4.69, 9.17) is 18.9 Å². The zero-order valence-corrected chi connectivity index (χ0v) is 20.4. The van der Waals surface area contributed by atoms with Crippen molar-refractivity contribution in [2.45, 2.75) is 39.2 Å². The monoisotopic (exact) mass is 415 g/mol. The predicted octanol–water partition coefficient (Wildman–Crippen LogP) is 3.15. The highest BCUT2D eigenvalue weighted by Gasteiger charge is 2.09. The highest BCUT2D eigenvalue weighted by atomic mass is 28.3. The van der Waals surface area contributed by atoms with Crippen molar-refractivity contribution in [2.24, 2.45) is 0 Å². The van der Waals surface area contributed by atoms with Crippen molar-refractivity contribution in [2.75, 3.05) is 6.61 Å². The van der Waals surface area contributed by atoms with Gasteiger partial charge in [0.15, 0.2) is 0 Å². The van der Waals surface area contributed by atoms with Gasteiger partial charge in [0.1, 0.15) is 31.7 Å². The highest BCUT2D eigenvalue weighted by molar-refractivity contribution is 6.32. The third-order valence-electron chi connectivity index (χ3n) is 3.84. The van der Waals surface area contributed by atoms with Crippen LogP contribution in [0.2, 0.25) is 6.55 Å². The van der Waals surface area contributed by atoms with Gasteiger partial charge in [-0.3, -0.25) is 0 Å². The highest BCUT2D eigenvalue weighted by Crippen LogP contribution is 2.17. The summed E-state index contributed by atoms with van der Waals surface area (Å²) in [6, 6.07) is 15.4. The lowest BCUT2D eigenvalue weighted by Crippen LogP contribution is -2.08. The molecule has 0 N–H and O–H groups in total. The lowest BCUT2D eigenvalue weighted by Gasteiger charge is -2.07. The number of carbonyl (C=O) groups excluding carboxylic acids is 1. The Hall–Kier alpha value is -2.41. The van der Waals surface area contributed by atoms with Gasteiger partial charge in [0.2, 0.25) is 0 Å². The lowest BCUT2D eigenvalue weighted by molar-refractivity contribution is 0.0734. The molecule has 5 nitrogen and oxygen atoms in total. The Morgan fingerprint density at radius 2 is 1.64 bits per heavy atom. The Bertz CT molecular complexity index is 726. The van der Waals surface area contributed by atoms with Crippen LogP contribution < -0.4 is 9.47 Å². The zero-order valence-electron chi connectivity index (χ0n) is 16.9. The number of hydrogen-bond acceptors (Lipinski definition) is 5. The van der Waals surface area contributed by atoms with Crippen LogP contribution in [0.1, 0.15) is 48.5 Å². The van der Waals surface area contributed by atoms with Gasteiger partial charge in [0, 0.05) is 0 Å². The number of rotatable bonds is 9. The van der Waals surface area contributed by atoms with E-state index in [9.17, 15) is 4.79 Å². The number of unbranched alkanes of at least 4 members (excludes halogenated alkanes) is 3. The average Bonchev–Trinajstić information content (AvgIpc) is 2.74. The molecule has 0 saturated carbocycles. The molecule has 0 aliphatic carbocycles. The molecule has 0 radical (unpaired) electrons. The van der Waals surface area contributed by atoms with Crippen LogP contribution in [0.4, 0.5) is 0 Å². The summed E-state index contributed by atoms with van der Waals surface area (Å²) in [6.45, 7) is 5.00. The molecule has 2 aromatic rings. The average molecular weight is 416 g/mol. The van der Waals surface area contributed by atoms with Crippen molar-refractivity contribution in [1.29, 1.82) is 5.26 Å². The van der Waals surface area contributed by atoms with Gasteiger partial charge in [0.05, 0.1) is 23.8 Å². The maximum atomic E-state index is 12.1. The van der Waals surface area contributed by atoms with E-state index < -0.39 is 5.97 Å². The van der Waals surface area contributed by atoms with E-state index >= 15 is 0 Å². The third kappa shape index (κ3) is 9.51. The fourth-order valence-electron chi connectivity index (χ4n) is 2.17. The summed E-state index contributed by atoms with van der Waals surface area (Å²) in [4.78, 5) is 12.1. The number of hydrogen-bond donors (Lipinski definition) is 0. The van der Waals surface area contributed by atoms with Crippen LogP contribution in [0, 0.1) is 11.3 Å². The third-order valence-corrected chi connectivity index (χ3v) is 6.15. The first kappa shape index (κ1) is 23.6. The van der Waals surface area contributed by atoms with Crippen LogP contribution in [0.5, 0.6) is 11.5 Å². The molecule has 28 heavy (non-hydrogen) atoms. The standard InChI is InChI=1S/C20H21NO3.CH8OSi2/c1-2-3-4-5-14-23-18-12-8-17(9-13-18)20(22)24-19-10-6-16(15-21)7-11-19;1-4-2-3/h6-13H,2-5,14H2,1H3;4H2,1,3H3. The van der Waals surface area contributed by atoms with Gasteiger partial charge in [-0.2, -0.15) is 5.26 Å². The molecule has 2 aromatic carbocycles. The zero-order chi connectivity index (χ0) is 20.6. The summed E-state index contributed by atoms with van der Waals surface area (Å²) in [6.07, 6.45) is 4.64. The molecular formula is C21H29NO4Si2. The van der Waals surface area contributed by atoms with Gasteiger partial charge in [-0.05, 0) is 55.0 Å². The first-order valence-electron chi connectivity index (χ1n) is 9.58. The van der Waals surface area contributed by atoms with Crippen molar-refractivity contribution >= 4 is 26.2 Å². The number of carbonyl (C=O) groups is 1. The normalized spacial score (nSPS) is 10.2. The SMILES string of the molecule is CCCCCCOc1ccc(C(=O)Oc2ccc(C#N)cc2)cc1.C[SiH2]O[SiH3]. The number of benzene rings is 2. The summed E-state index contributed by atoms with van der Waals surface area (Å²) in [5, 5.41) is 8.75. The van der Waals surface area contributed by atoms with E-state index in [1.54, 1.807) is 48.5 Å². The van der Waals surface area contributed by atoms with Gasteiger partial charge >= 0.3 is 5.97 Å².